The van der Waals surface area contributed by atoms with Crippen LogP contribution in [0.1, 0.15) is 12.2 Å². The lowest BCUT2D eigenvalue weighted by Crippen LogP contribution is -2.29. The molecule has 9 nitrogen and oxygen atoms in total. The molecular formula is C10H14N6O3S. The molecule has 10 heteroatoms. The van der Waals surface area contributed by atoms with Gasteiger partial charge in [-0.25, -0.2) is 13.4 Å². The second-order valence-corrected chi connectivity index (χ2v) is 7.04. The fraction of sp³-hybridized carbons (Fsp3) is 0.500. The molecule has 20 heavy (non-hydrogen) atoms. The topological polar surface area (TPSA) is 147 Å². The Labute approximate surface area is 113 Å². The third-order valence-corrected chi connectivity index (χ3v) is 4.99. The van der Waals surface area contributed by atoms with Gasteiger partial charge in [0.25, 0.3) is 5.56 Å². The van der Waals surface area contributed by atoms with E-state index < -0.39 is 9.84 Å². The predicted molar refractivity (Wildman–Crippen MR) is 72.8 cm³/mol. The minimum absolute atomic E-state index is 0.00963. The molecule has 3 rings (SSSR count). The van der Waals surface area contributed by atoms with Crippen molar-refractivity contribution in [2.75, 3.05) is 17.2 Å². The molecule has 0 saturated carbocycles. The normalized spacial score (nSPS) is 21.5. The summed E-state index contributed by atoms with van der Waals surface area (Å²) in [5.74, 6) is 0.880. The van der Waals surface area contributed by atoms with Crippen molar-refractivity contribution < 1.29 is 8.42 Å². The number of imidazole rings is 1. The van der Waals surface area contributed by atoms with Crippen LogP contribution in [-0.4, -0.2) is 45.9 Å². The SMILES string of the molecule is Nc1nc2nc(CNC3CCS(=O)(=O)C3)[nH]c2c(=O)[nH]1. The maximum absolute atomic E-state index is 11.6. The molecular weight excluding hydrogens is 284 g/mol. The molecule has 5 N–H and O–H groups in total. The molecule has 0 aliphatic carbocycles. The molecule has 108 valence electrons. The number of nitrogens with one attached hydrogen (secondary N) is 3. The summed E-state index contributed by atoms with van der Waals surface area (Å²) < 4.78 is 22.7. The van der Waals surface area contributed by atoms with Crippen LogP contribution in [0.4, 0.5) is 5.95 Å². The van der Waals surface area contributed by atoms with Crippen LogP contribution in [0, 0.1) is 0 Å². The Morgan fingerprint density at radius 2 is 2.15 bits per heavy atom. The fourth-order valence-corrected chi connectivity index (χ4v) is 3.96. The van der Waals surface area contributed by atoms with E-state index in [0.29, 0.717) is 18.8 Å². The van der Waals surface area contributed by atoms with Gasteiger partial charge in [0.1, 0.15) is 5.82 Å². The smallest absolute Gasteiger partial charge is 0.278 e. The zero-order valence-electron chi connectivity index (χ0n) is 10.5. The quantitative estimate of drug-likeness (QED) is 0.539. The van der Waals surface area contributed by atoms with E-state index in [1.54, 1.807) is 0 Å². The van der Waals surface area contributed by atoms with Gasteiger partial charge in [-0.05, 0) is 6.42 Å². The first kappa shape index (κ1) is 13.1. The molecule has 1 atom stereocenters. The van der Waals surface area contributed by atoms with E-state index in [2.05, 4.69) is 25.3 Å². The van der Waals surface area contributed by atoms with Crippen molar-refractivity contribution in [2.45, 2.75) is 19.0 Å². The number of rotatable bonds is 3. The lowest BCUT2D eigenvalue weighted by atomic mass is 10.2. The van der Waals surface area contributed by atoms with Crippen molar-refractivity contribution >= 4 is 26.9 Å². The maximum atomic E-state index is 11.6. The van der Waals surface area contributed by atoms with E-state index in [1.807, 2.05) is 0 Å². The molecule has 0 amide bonds. The van der Waals surface area contributed by atoms with Gasteiger partial charge in [0.05, 0.1) is 18.1 Å². The monoisotopic (exact) mass is 298 g/mol. The molecule has 3 heterocycles. The van der Waals surface area contributed by atoms with E-state index in [4.69, 9.17) is 5.73 Å². The molecule has 1 fully saturated rings. The number of nitrogens with two attached hydrogens (primary N) is 1. The molecule has 0 aromatic carbocycles. The highest BCUT2D eigenvalue weighted by molar-refractivity contribution is 7.91. The largest absolute Gasteiger partial charge is 0.369 e. The lowest BCUT2D eigenvalue weighted by molar-refractivity contribution is 0.544. The number of fused-ring (bicyclic) bond motifs is 1. The molecule has 1 aliphatic rings. The summed E-state index contributed by atoms with van der Waals surface area (Å²) in [5.41, 5.74) is 5.57. The second-order valence-electron chi connectivity index (χ2n) is 4.81. The number of anilines is 1. The van der Waals surface area contributed by atoms with Gasteiger partial charge in [-0.2, -0.15) is 4.98 Å². The van der Waals surface area contributed by atoms with Gasteiger partial charge >= 0.3 is 0 Å². The van der Waals surface area contributed by atoms with Crippen molar-refractivity contribution in [1.82, 2.24) is 25.3 Å². The van der Waals surface area contributed by atoms with Gasteiger partial charge in [-0.1, -0.05) is 0 Å². The van der Waals surface area contributed by atoms with E-state index in [0.717, 1.165) is 0 Å². The molecule has 0 spiro atoms. The van der Waals surface area contributed by atoms with E-state index in [-0.39, 0.29) is 40.2 Å². The number of nitrogens with zero attached hydrogens (tertiary/aromatic N) is 2. The summed E-state index contributed by atoms with van der Waals surface area (Å²) in [6.45, 7) is 0.343. The zero-order chi connectivity index (χ0) is 14.3. The number of aromatic amines is 2. The van der Waals surface area contributed by atoms with Gasteiger partial charge in [0.2, 0.25) is 5.95 Å². The Kier molecular flexibility index (Phi) is 2.98. The van der Waals surface area contributed by atoms with Gasteiger partial charge in [-0.3, -0.25) is 9.78 Å². The first-order valence-corrected chi connectivity index (χ1v) is 7.93. The first-order chi connectivity index (χ1) is 9.43. The van der Waals surface area contributed by atoms with Crippen LogP contribution in [0.3, 0.4) is 0 Å². The summed E-state index contributed by atoms with van der Waals surface area (Å²) in [6, 6.07) is -0.0791. The summed E-state index contributed by atoms with van der Waals surface area (Å²) in [4.78, 5) is 24.9. The molecule has 0 bridgehead atoms. The average molecular weight is 298 g/mol. The third kappa shape index (κ3) is 2.51. The van der Waals surface area contributed by atoms with Crippen molar-refractivity contribution in [1.29, 1.82) is 0 Å². The van der Waals surface area contributed by atoms with E-state index in [9.17, 15) is 13.2 Å². The number of sulfone groups is 1. The van der Waals surface area contributed by atoms with Crippen LogP contribution in [0.25, 0.3) is 11.2 Å². The highest BCUT2D eigenvalue weighted by Gasteiger charge is 2.27. The maximum Gasteiger partial charge on any atom is 0.278 e. The fourth-order valence-electron chi connectivity index (χ4n) is 2.25. The summed E-state index contributed by atoms with van der Waals surface area (Å²) >= 11 is 0. The Morgan fingerprint density at radius 3 is 2.85 bits per heavy atom. The average Bonchev–Trinajstić information content (AvgIpc) is 2.90. The second kappa shape index (κ2) is 4.56. The van der Waals surface area contributed by atoms with Crippen LogP contribution >= 0.6 is 0 Å². The van der Waals surface area contributed by atoms with Crippen molar-refractivity contribution in [3.05, 3.63) is 16.2 Å². The van der Waals surface area contributed by atoms with E-state index in [1.165, 1.54) is 0 Å². The van der Waals surface area contributed by atoms with Gasteiger partial charge in [0, 0.05) is 6.04 Å². The van der Waals surface area contributed by atoms with Crippen molar-refractivity contribution in [3.8, 4) is 0 Å². The van der Waals surface area contributed by atoms with Gasteiger partial charge < -0.3 is 16.0 Å². The van der Waals surface area contributed by atoms with Crippen LogP contribution in [0.2, 0.25) is 0 Å². The van der Waals surface area contributed by atoms with Crippen molar-refractivity contribution in [3.63, 3.8) is 0 Å². The highest BCUT2D eigenvalue weighted by atomic mass is 32.2. The number of H-pyrrole nitrogens is 2. The number of nitrogen functional groups attached to an aromatic ring is 1. The Hall–Kier alpha value is -1.94. The predicted octanol–water partition coefficient (Wildman–Crippen LogP) is -1.49. The van der Waals surface area contributed by atoms with Gasteiger partial charge in [0.15, 0.2) is 21.0 Å². The number of hydrogen-bond acceptors (Lipinski definition) is 7. The lowest BCUT2D eigenvalue weighted by Gasteiger charge is -2.08. The van der Waals surface area contributed by atoms with E-state index >= 15 is 0 Å². The zero-order valence-corrected chi connectivity index (χ0v) is 11.3. The van der Waals surface area contributed by atoms with Crippen LogP contribution in [-0.2, 0) is 16.4 Å². The Morgan fingerprint density at radius 1 is 1.35 bits per heavy atom. The van der Waals surface area contributed by atoms with Crippen LogP contribution < -0.4 is 16.6 Å². The van der Waals surface area contributed by atoms with Crippen LogP contribution in [0.15, 0.2) is 4.79 Å². The standard InChI is InChI=1S/C10H14N6O3S/c11-10-15-8-7(9(17)16-10)13-6(14-8)3-12-5-1-2-20(18,19)4-5/h5,12H,1-4H2,(H4,11,13,14,15,16,17). The summed E-state index contributed by atoms with van der Waals surface area (Å²) in [6.07, 6.45) is 0.592. The van der Waals surface area contributed by atoms with Crippen LogP contribution in [0.5, 0.6) is 0 Å². The number of hydrogen-bond donors (Lipinski definition) is 4. The molecule has 1 unspecified atom stereocenters. The van der Waals surface area contributed by atoms with Crippen molar-refractivity contribution in [2.24, 2.45) is 0 Å². The number of aromatic nitrogens is 4. The van der Waals surface area contributed by atoms with Gasteiger partial charge in [-0.15, -0.1) is 0 Å². The Bertz CT molecular complexity index is 808. The molecule has 2 aromatic heterocycles. The minimum Gasteiger partial charge on any atom is -0.369 e. The molecule has 2 aromatic rings. The summed E-state index contributed by atoms with van der Waals surface area (Å²) in [7, 11) is -2.91. The highest BCUT2D eigenvalue weighted by Crippen LogP contribution is 2.12. The first-order valence-electron chi connectivity index (χ1n) is 6.11. The molecule has 0 radical (unpaired) electrons. The minimum atomic E-state index is -2.91. The summed E-state index contributed by atoms with van der Waals surface area (Å²) in [5, 5.41) is 3.10. The molecule has 1 saturated heterocycles. The molecule has 1 aliphatic heterocycles. The Balaban J connectivity index is 1.76. The third-order valence-electron chi connectivity index (χ3n) is 3.22.